The van der Waals surface area contributed by atoms with E-state index in [1.807, 2.05) is 42.5 Å². The molecule has 24 heavy (non-hydrogen) atoms. The molecule has 0 aromatic heterocycles. The van der Waals surface area contributed by atoms with Crippen LogP contribution in [0.2, 0.25) is 0 Å². The lowest BCUT2D eigenvalue weighted by Crippen LogP contribution is -2.37. The molecule has 126 valence electrons. The Morgan fingerprint density at radius 1 is 1.21 bits per heavy atom. The lowest BCUT2D eigenvalue weighted by Gasteiger charge is -2.14. The number of carbonyl (C=O) groups is 1. The summed E-state index contributed by atoms with van der Waals surface area (Å²) in [5.74, 6) is 0.543. The Balaban J connectivity index is 1.63. The predicted octanol–water partition coefficient (Wildman–Crippen LogP) is 3.06. The molecule has 1 fully saturated rings. The molecule has 0 bridgehead atoms. The Morgan fingerprint density at radius 3 is 2.79 bits per heavy atom. The summed E-state index contributed by atoms with van der Waals surface area (Å²) in [7, 11) is 0. The lowest BCUT2D eigenvalue weighted by molar-refractivity contribution is 0.0946. The first-order chi connectivity index (χ1) is 11.7. The summed E-state index contributed by atoms with van der Waals surface area (Å²) in [4.78, 5) is 12.5. The molecule has 0 saturated carbocycles. The fourth-order valence-electron chi connectivity index (χ4n) is 2.95. The van der Waals surface area contributed by atoms with Crippen LogP contribution >= 0.6 is 0 Å². The van der Waals surface area contributed by atoms with Gasteiger partial charge in [-0.3, -0.25) is 4.79 Å². The van der Waals surface area contributed by atoms with Gasteiger partial charge in [0, 0.05) is 12.6 Å². The molecule has 3 rings (SSSR count). The van der Waals surface area contributed by atoms with Crippen molar-refractivity contribution in [1.29, 1.82) is 0 Å². The van der Waals surface area contributed by atoms with Gasteiger partial charge in [0.2, 0.25) is 0 Å². The first-order valence-electron chi connectivity index (χ1n) is 8.52. The first kappa shape index (κ1) is 16.5. The van der Waals surface area contributed by atoms with Gasteiger partial charge in [-0.05, 0) is 49.6 Å². The van der Waals surface area contributed by atoms with Gasteiger partial charge in [-0.2, -0.15) is 0 Å². The number of para-hydroxylation sites is 1. The molecule has 0 spiro atoms. The highest BCUT2D eigenvalue weighted by molar-refractivity contribution is 5.96. The van der Waals surface area contributed by atoms with Gasteiger partial charge in [-0.15, -0.1) is 0 Å². The van der Waals surface area contributed by atoms with Crippen LogP contribution in [0.25, 0.3) is 0 Å². The van der Waals surface area contributed by atoms with E-state index >= 15 is 0 Å². The van der Waals surface area contributed by atoms with Gasteiger partial charge in [-0.25, -0.2) is 0 Å². The maximum Gasteiger partial charge on any atom is 0.255 e. The van der Waals surface area contributed by atoms with E-state index in [9.17, 15) is 4.79 Å². The van der Waals surface area contributed by atoms with Crippen LogP contribution in [0.15, 0.2) is 48.5 Å². The number of aryl methyl sites for hydroxylation is 1. The van der Waals surface area contributed by atoms with Crippen molar-refractivity contribution in [3.05, 3.63) is 65.2 Å². The first-order valence-corrected chi connectivity index (χ1v) is 8.52. The molecule has 2 N–H and O–H groups in total. The summed E-state index contributed by atoms with van der Waals surface area (Å²) in [6.07, 6.45) is 2.29. The minimum Gasteiger partial charge on any atom is -0.488 e. The number of hydrogen-bond donors (Lipinski definition) is 2. The SMILES string of the molecule is Cc1ccccc1COc1ccccc1C(=O)NCC1CCCN1. The topological polar surface area (TPSA) is 50.4 Å². The molecular weight excluding hydrogens is 300 g/mol. The van der Waals surface area contributed by atoms with Crippen molar-refractivity contribution in [2.75, 3.05) is 13.1 Å². The van der Waals surface area contributed by atoms with E-state index in [1.54, 1.807) is 0 Å². The van der Waals surface area contributed by atoms with Crippen molar-refractivity contribution in [3.8, 4) is 5.75 Å². The molecule has 0 radical (unpaired) electrons. The second kappa shape index (κ2) is 7.97. The van der Waals surface area contributed by atoms with Gasteiger partial charge < -0.3 is 15.4 Å². The maximum atomic E-state index is 12.5. The Bertz CT molecular complexity index is 694. The molecule has 1 amide bonds. The lowest BCUT2D eigenvalue weighted by atomic mass is 10.1. The Hall–Kier alpha value is -2.33. The summed E-state index contributed by atoms with van der Waals surface area (Å²) < 4.78 is 5.92. The smallest absolute Gasteiger partial charge is 0.255 e. The Kier molecular flexibility index (Phi) is 5.49. The van der Waals surface area contributed by atoms with Crippen LogP contribution in [0.4, 0.5) is 0 Å². The molecule has 1 aliphatic heterocycles. The molecule has 2 aromatic carbocycles. The highest BCUT2D eigenvalue weighted by Crippen LogP contribution is 2.20. The standard InChI is InChI=1S/C20H24N2O2/c1-15-7-2-3-8-16(15)14-24-19-11-5-4-10-18(19)20(23)22-13-17-9-6-12-21-17/h2-5,7-8,10-11,17,21H,6,9,12-14H2,1H3,(H,22,23). The second-order valence-electron chi connectivity index (χ2n) is 6.21. The van der Waals surface area contributed by atoms with Crippen LogP contribution in [0, 0.1) is 6.92 Å². The summed E-state index contributed by atoms with van der Waals surface area (Å²) in [6, 6.07) is 15.9. The zero-order chi connectivity index (χ0) is 16.8. The van der Waals surface area contributed by atoms with Crippen LogP contribution in [0.5, 0.6) is 5.75 Å². The van der Waals surface area contributed by atoms with Crippen molar-refractivity contribution < 1.29 is 9.53 Å². The number of amides is 1. The van der Waals surface area contributed by atoms with E-state index in [4.69, 9.17) is 4.74 Å². The Labute approximate surface area is 143 Å². The number of rotatable bonds is 6. The van der Waals surface area contributed by atoms with E-state index in [1.165, 1.54) is 12.0 Å². The molecule has 1 saturated heterocycles. The third-order valence-electron chi connectivity index (χ3n) is 4.45. The van der Waals surface area contributed by atoms with Crippen LogP contribution in [-0.4, -0.2) is 25.0 Å². The van der Waals surface area contributed by atoms with E-state index in [0.717, 1.165) is 18.5 Å². The summed E-state index contributed by atoms with van der Waals surface area (Å²) in [5, 5.41) is 6.39. The van der Waals surface area contributed by atoms with Gasteiger partial charge in [-0.1, -0.05) is 36.4 Å². The fourth-order valence-corrected chi connectivity index (χ4v) is 2.95. The molecule has 1 heterocycles. The van der Waals surface area contributed by atoms with Gasteiger partial charge >= 0.3 is 0 Å². The molecule has 4 nitrogen and oxygen atoms in total. The van der Waals surface area contributed by atoms with Crippen molar-refractivity contribution >= 4 is 5.91 Å². The maximum absolute atomic E-state index is 12.5. The number of benzene rings is 2. The molecule has 2 aromatic rings. The van der Waals surface area contributed by atoms with Crippen LogP contribution < -0.4 is 15.4 Å². The van der Waals surface area contributed by atoms with Gasteiger partial charge in [0.15, 0.2) is 0 Å². The molecule has 4 heteroatoms. The van der Waals surface area contributed by atoms with Crippen LogP contribution in [0.3, 0.4) is 0 Å². The normalized spacial score (nSPS) is 16.8. The fraction of sp³-hybridized carbons (Fsp3) is 0.350. The van der Waals surface area contributed by atoms with E-state index < -0.39 is 0 Å². The van der Waals surface area contributed by atoms with E-state index in [0.29, 0.717) is 30.5 Å². The van der Waals surface area contributed by atoms with Gasteiger partial charge in [0.1, 0.15) is 12.4 Å². The molecule has 1 aliphatic rings. The zero-order valence-corrected chi connectivity index (χ0v) is 14.0. The number of hydrogen-bond acceptors (Lipinski definition) is 3. The number of nitrogens with one attached hydrogen (secondary N) is 2. The minimum absolute atomic E-state index is 0.0796. The minimum atomic E-state index is -0.0796. The predicted molar refractivity (Wildman–Crippen MR) is 95.3 cm³/mol. The third kappa shape index (κ3) is 4.15. The van der Waals surface area contributed by atoms with Crippen LogP contribution in [0.1, 0.15) is 34.3 Å². The summed E-state index contributed by atoms with van der Waals surface area (Å²) in [6.45, 7) is 4.22. The van der Waals surface area contributed by atoms with Crippen molar-refractivity contribution in [2.45, 2.75) is 32.4 Å². The quantitative estimate of drug-likeness (QED) is 0.858. The van der Waals surface area contributed by atoms with E-state index in [2.05, 4.69) is 23.6 Å². The molecule has 0 aliphatic carbocycles. The van der Waals surface area contributed by atoms with E-state index in [-0.39, 0.29) is 5.91 Å². The largest absolute Gasteiger partial charge is 0.488 e. The van der Waals surface area contributed by atoms with Crippen molar-refractivity contribution in [2.24, 2.45) is 0 Å². The monoisotopic (exact) mass is 324 g/mol. The summed E-state index contributed by atoms with van der Waals surface area (Å²) >= 11 is 0. The van der Waals surface area contributed by atoms with Crippen molar-refractivity contribution in [3.63, 3.8) is 0 Å². The highest BCUT2D eigenvalue weighted by Gasteiger charge is 2.17. The Morgan fingerprint density at radius 2 is 2.00 bits per heavy atom. The van der Waals surface area contributed by atoms with Gasteiger partial charge in [0.05, 0.1) is 5.56 Å². The zero-order valence-electron chi connectivity index (χ0n) is 14.0. The van der Waals surface area contributed by atoms with Crippen LogP contribution in [-0.2, 0) is 6.61 Å². The average molecular weight is 324 g/mol. The second-order valence-corrected chi connectivity index (χ2v) is 6.21. The molecule has 1 atom stereocenters. The summed E-state index contributed by atoms with van der Waals surface area (Å²) in [5.41, 5.74) is 2.90. The average Bonchev–Trinajstić information content (AvgIpc) is 3.13. The third-order valence-corrected chi connectivity index (χ3v) is 4.45. The molecule has 1 unspecified atom stereocenters. The number of carbonyl (C=O) groups excluding carboxylic acids is 1. The molecular formula is C20H24N2O2. The van der Waals surface area contributed by atoms with Gasteiger partial charge in [0.25, 0.3) is 5.91 Å². The highest BCUT2D eigenvalue weighted by atomic mass is 16.5. The van der Waals surface area contributed by atoms with Crippen molar-refractivity contribution in [1.82, 2.24) is 10.6 Å². The number of ether oxygens (including phenoxy) is 1.